The number of H-pyrrole nitrogens is 1. The molecule has 0 atom stereocenters. The van der Waals surface area contributed by atoms with E-state index in [1.807, 2.05) is 55.5 Å². The number of rotatable bonds is 3. The molecule has 4 rings (SSSR count). The lowest BCUT2D eigenvalue weighted by molar-refractivity contribution is 1.20. The van der Waals surface area contributed by atoms with Gasteiger partial charge < -0.3 is 16.0 Å². The maximum atomic E-state index is 12.2. The second kappa shape index (κ2) is 6.33. The third-order valence-electron chi connectivity index (χ3n) is 4.18. The standard InChI is InChI=1S/C20H17N5O/c1-12-7-8-22-19(26)18(12)13-5-6-17-14(9-13)11-23-20(25-17)24-16-4-2-3-15(21)10-16/h2-11H,21H2,1H3,(H,22,26)(H,23,24,25). The van der Waals surface area contributed by atoms with Crippen molar-refractivity contribution in [2.45, 2.75) is 6.92 Å². The summed E-state index contributed by atoms with van der Waals surface area (Å²) in [6.07, 6.45) is 3.40. The van der Waals surface area contributed by atoms with Gasteiger partial charge in [-0.3, -0.25) is 4.79 Å². The molecule has 0 aliphatic rings. The Morgan fingerprint density at radius 1 is 1.12 bits per heavy atom. The average Bonchev–Trinajstić information content (AvgIpc) is 2.62. The van der Waals surface area contributed by atoms with Crippen LogP contribution in [0.25, 0.3) is 22.0 Å². The zero-order valence-electron chi connectivity index (χ0n) is 14.2. The van der Waals surface area contributed by atoms with E-state index in [4.69, 9.17) is 5.73 Å². The van der Waals surface area contributed by atoms with E-state index in [0.29, 0.717) is 17.2 Å². The van der Waals surface area contributed by atoms with Gasteiger partial charge in [-0.05, 0) is 54.4 Å². The molecule has 4 N–H and O–H groups in total. The number of pyridine rings is 1. The summed E-state index contributed by atoms with van der Waals surface area (Å²) in [5.74, 6) is 0.490. The Balaban J connectivity index is 1.72. The van der Waals surface area contributed by atoms with Gasteiger partial charge in [0.1, 0.15) is 0 Å². The molecule has 2 aromatic heterocycles. The molecule has 0 radical (unpaired) electrons. The summed E-state index contributed by atoms with van der Waals surface area (Å²) in [4.78, 5) is 23.8. The van der Waals surface area contributed by atoms with Gasteiger partial charge in [0.2, 0.25) is 5.95 Å². The van der Waals surface area contributed by atoms with Crippen molar-refractivity contribution in [2.75, 3.05) is 11.1 Å². The van der Waals surface area contributed by atoms with E-state index in [1.165, 1.54) is 0 Å². The molecule has 0 saturated carbocycles. The van der Waals surface area contributed by atoms with E-state index in [2.05, 4.69) is 20.3 Å². The van der Waals surface area contributed by atoms with Gasteiger partial charge >= 0.3 is 0 Å². The quantitative estimate of drug-likeness (QED) is 0.494. The highest BCUT2D eigenvalue weighted by Gasteiger charge is 2.09. The van der Waals surface area contributed by atoms with Gasteiger partial charge in [0.15, 0.2) is 0 Å². The molecule has 0 unspecified atom stereocenters. The Labute approximate surface area is 149 Å². The van der Waals surface area contributed by atoms with Crippen molar-refractivity contribution in [3.8, 4) is 11.1 Å². The SMILES string of the molecule is Cc1cc[nH]c(=O)c1-c1ccc2nc(Nc3cccc(N)c3)ncc2c1. The number of nitrogen functional groups attached to an aromatic ring is 1. The summed E-state index contributed by atoms with van der Waals surface area (Å²) in [7, 11) is 0. The van der Waals surface area contributed by atoms with Gasteiger partial charge in [-0.25, -0.2) is 9.97 Å². The fraction of sp³-hybridized carbons (Fsp3) is 0.0500. The monoisotopic (exact) mass is 343 g/mol. The van der Waals surface area contributed by atoms with Crippen molar-refractivity contribution < 1.29 is 0 Å². The molecule has 0 aliphatic heterocycles. The van der Waals surface area contributed by atoms with Crippen LogP contribution in [-0.4, -0.2) is 15.0 Å². The number of anilines is 3. The molecule has 0 spiro atoms. The van der Waals surface area contributed by atoms with Crippen LogP contribution in [-0.2, 0) is 0 Å². The summed E-state index contributed by atoms with van der Waals surface area (Å²) in [6, 6.07) is 15.0. The van der Waals surface area contributed by atoms with E-state index in [9.17, 15) is 4.79 Å². The Bertz CT molecular complexity index is 1170. The lowest BCUT2D eigenvalue weighted by Gasteiger charge is -2.08. The van der Waals surface area contributed by atoms with Crippen molar-refractivity contribution in [1.29, 1.82) is 0 Å². The van der Waals surface area contributed by atoms with Crippen LogP contribution in [0.3, 0.4) is 0 Å². The summed E-state index contributed by atoms with van der Waals surface area (Å²) in [5.41, 5.74) is 10.4. The maximum absolute atomic E-state index is 12.2. The van der Waals surface area contributed by atoms with Crippen LogP contribution in [0, 0.1) is 6.92 Å². The van der Waals surface area contributed by atoms with Gasteiger partial charge in [0, 0.05) is 34.7 Å². The number of nitrogens with zero attached hydrogens (tertiary/aromatic N) is 2. The number of hydrogen-bond donors (Lipinski definition) is 3. The molecule has 6 heteroatoms. The van der Waals surface area contributed by atoms with Crippen molar-refractivity contribution in [2.24, 2.45) is 0 Å². The Morgan fingerprint density at radius 3 is 2.81 bits per heavy atom. The normalized spacial score (nSPS) is 10.8. The van der Waals surface area contributed by atoms with Crippen molar-refractivity contribution in [3.05, 3.63) is 76.8 Å². The van der Waals surface area contributed by atoms with Gasteiger partial charge in [-0.15, -0.1) is 0 Å². The van der Waals surface area contributed by atoms with Crippen LogP contribution in [0.2, 0.25) is 0 Å². The fourth-order valence-corrected chi connectivity index (χ4v) is 2.93. The van der Waals surface area contributed by atoms with Crippen molar-refractivity contribution in [3.63, 3.8) is 0 Å². The number of aryl methyl sites for hydroxylation is 1. The molecule has 128 valence electrons. The number of fused-ring (bicyclic) bond motifs is 1. The van der Waals surface area contributed by atoms with E-state index in [1.54, 1.807) is 12.4 Å². The average molecular weight is 343 g/mol. The van der Waals surface area contributed by atoms with Crippen LogP contribution in [0.1, 0.15) is 5.56 Å². The largest absolute Gasteiger partial charge is 0.399 e. The van der Waals surface area contributed by atoms with Crippen LogP contribution >= 0.6 is 0 Å². The minimum Gasteiger partial charge on any atom is -0.399 e. The second-order valence-corrected chi connectivity index (χ2v) is 6.08. The molecule has 6 nitrogen and oxygen atoms in total. The van der Waals surface area contributed by atoms with Crippen LogP contribution in [0.5, 0.6) is 0 Å². The zero-order valence-corrected chi connectivity index (χ0v) is 14.2. The van der Waals surface area contributed by atoms with Gasteiger partial charge in [-0.2, -0.15) is 0 Å². The topological polar surface area (TPSA) is 96.7 Å². The lowest BCUT2D eigenvalue weighted by Crippen LogP contribution is -2.09. The Kier molecular flexibility index (Phi) is 3.85. The molecule has 0 bridgehead atoms. The number of aromatic amines is 1. The van der Waals surface area contributed by atoms with Crippen molar-refractivity contribution >= 4 is 28.2 Å². The van der Waals surface area contributed by atoms with E-state index in [-0.39, 0.29) is 5.56 Å². The minimum absolute atomic E-state index is 0.106. The van der Waals surface area contributed by atoms with Crippen LogP contribution in [0.15, 0.2) is 65.7 Å². The molecule has 26 heavy (non-hydrogen) atoms. The predicted molar refractivity (Wildman–Crippen MR) is 104 cm³/mol. The zero-order chi connectivity index (χ0) is 18.1. The summed E-state index contributed by atoms with van der Waals surface area (Å²) < 4.78 is 0. The summed E-state index contributed by atoms with van der Waals surface area (Å²) in [6.45, 7) is 1.92. The van der Waals surface area contributed by atoms with E-state index in [0.717, 1.165) is 27.7 Å². The van der Waals surface area contributed by atoms with Crippen molar-refractivity contribution in [1.82, 2.24) is 15.0 Å². The number of benzene rings is 2. The predicted octanol–water partition coefficient (Wildman–Crippen LogP) is 3.62. The van der Waals surface area contributed by atoms with Gasteiger partial charge in [0.05, 0.1) is 5.52 Å². The number of aromatic nitrogens is 3. The summed E-state index contributed by atoms with van der Waals surface area (Å²) >= 11 is 0. The van der Waals surface area contributed by atoms with E-state index < -0.39 is 0 Å². The van der Waals surface area contributed by atoms with Crippen LogP contribution < -0.4 is 16.6 Å². The molecule has 0 aliphatic carbocycles. The molecule has 0 fully saturated rings. The van der Waals surface area contributed by atoms with Gasteiger partial charge in [0.25, 0.3) is 5.56 Å². The highest BCUT2D eigenvalue weighted by atomic mass is 16.1. The first-order valence-electron chi connectivity index (χ1n) is 8.18. The highest BCUT2D eigenvalue weighted by molar-refractivity contribution is 5.85. The molecular weight excluding hydrogens is 326 g/mol. The highest BCUT2D eigenvalue weighted by Crippen LogP contribution is 2.24. The first kappa shape index (κ1) is 15.8. The molecule has 0 saturated heterocycles. The minimum atomic E-state index is -0.106. The first-order chi connectivity index (χ1) is 12.6. The number of nitrogens with one attached hydrogen (secondary N) is 2. The van der Waals surface area contributed by atoms with Crippen LogP contribution in [0.4, 0.5) is 17.3 Å². The molecule has 0 amide bonds. The Morgan fingerprint density at radius 2 is 2.00 bits per heavy atom. The fourth-order valence-electron chi connectivity index (χ4n) is 2.93. The lowest BCUT2D eigenvalue weighted by atomic mass is 10.0. The number of hydrogen-bond acceptors (Lipinski definition) is 5. The maximum Gasteiger partial charge on any atom is 0.256 e. The molecule has 2 aromatic carbocycles. The third-order valence-corrected chi connectivity index (χ3v) is 4.18. The number of nitrogens with two attached hydrogens (primary N) is 1. The van der Waals surface area contributed by atoms with Gasteiger partial charge in [-0.1, -0.05) is 12.1 Å². The Hall–Kier alpha value is -3.67. The first-order valence-corrected chi connectivity index (χ1v) is 8.18. The van der Waals surface area contributed by atoms with E-state index >= 15 is 0 Å². The molecular formula is C20H17N5O. The molecule has 4 aromatic rings. The third kappa shape index (κ3) is 3.00. The summed E-state index contributed by atoms with van der Waals surface area (Å²) in [5, 5.41) is 4.01. The second-order valence-electron chi connectivity index (χ2n) is 6.08. The molecule has 2 heterocycles. The smallest absolute Gasteiger partial charge is 0.256 e.